The molecule has 0 saturated heterocycles. The zero-order valence-electron chi connectivity index (χ0n) is 14.5. The van der Waals surface area contributed by atoms with Gasteiger partial charge in [0.15, 0.2) is 0 Å². The molecule has 3 aromatic rings. The quantitative estimate of drug-likeness (QED) is 0.566. The highest BCUT2D eigenvalue weighted by Gasteiger charge is 2.19. The molecule has 7 nitrogen and oxygen atoms in total. The first-order valence-electron chi connectivity index (χ1n) is 8.11. The van der Waals surface area contributed by atoms with Gasteiger partial charge in [0.05, 0.1) is 19.3 Å². The van der Waals surface area contributed by atoms with Crippen LogP contribution < -0.4 is 15.4 Å². The molecule has 2 aromatic heterocycles. The molecule has 2 amide bonds. The van der Waals surface area contributed by atoms with Gasteiger partial charge in [0.2, 0.25) is 0 Å². The number of thiophene rings is 1. The highest BCUT2D eigenvalue weighted by molar-refractivity contribution is 7.08. The van der Waals surface area contributed by atoms with Gasteiger partial charge in [-0.2, -0.15) is 11.3 Å². The Balaban J connectivity index is 1.54. The van der Waals surface area contributed by atoms with E-state index in [-0.39, 0.29) is 6.54 Å². The summed E-state index contributed by atoms with van der Waals surface area (Å²) in [5, 5.41) is 18.9. The number of rotatable bonds is 6. The van der Waals surface area contributed by atoms with Crippen molar-refractivity contribution < 1.29 is 23.8 Å². The molecule has 0 spiro atoms. The predicted octanol–water partition coefficient (Wildman–Crippen LogP) is 2.81. The van der Waals surface area contributed by atoms with E-state index in [1.54, 1.807) is 36.4 Å². The van der Waals surface area contributed by atoms with Gasteiger partial charge in [-0.1, -0.05) is 12.1 Å². The molecule has 3 rings (SSSR count). The molecule has 0 fully saturated rings. The maximum Gasteiger partial charge on any atom is 0.313 e. The molecule has 3 N–H and O–H groups in total. The number of hydrogen-bond donors (Lipinski definition) is 3. The lowest BCUT2D eigenvalue weighted by Crippen LogP contribution is -2.37. The summed E-state index contributed by atoms with van der Waals surface area (Å²) in [5.74, 6) is -0.350. The van der Waals surface area contributed by atoms with Gasteiger partial charge in [0, 0.05) is 10.9 Å². The number of nitrogens with one attached hydrogen (secondary N) is 2. The first kappa shape index (κ1) is 18.7. The topological polar surface area (TPSA) is 101 Å². The van der Waals surface area contributed by atoms with E-state index in [1.807, 2.05) is 16.8 Å². The van der Waals surface area contributed by atoms with Crippen LogP contribution in [0.5, 0.6) is 5.75 Å². The summed E-state index contributed by atoms with van der Waals surface area (Å²) in [4.78, 5) is 24.0. The fraction of sp³-hybridized carbons (Fsp3) is 0.158. The largest absolute Gasteiger partial charge is 0.495 e. The number of amides is 2. The van der Waals surface area contributed by atoms with Crippen LogP contribution in [0.25, 0.3) is 11.3 Å². The molecule has 0 bridgehead atoms. The summed E-state index contributed by atoms with van der Waals surface area (Å²) in [6.07, 6.45) is -1.07. The third-order valence-electron chi connectivity index (χ3n) is 3.78. The smallest absolute Gasteiger partial charge is 0.313 e. The number of hydrogen-bond acceptors (Lipinski definition) is 6. The molecule has 27 heavy (non-hydrogen) atoms. The van der Waals surface area contributed by atoms with Crippen molar-refractivity contribution in [2.24, 2.45) is 0 Å². The minimum Gasteiger partial charge on any atom is -0.495 e. The zero-order chi connectivity index (χ0) is 19.2. The van der Waals surface area contributed by atoms with E-state index >= 15 is 0 Å². The average molecular weight is 386 g/mol. The van der Waals surface area contributed by atoms with E-state index in [2.05, 4.69) is 10.6 Å². The van der Waals surface area contributed by atoms with Gasteiger partial charge in [-0.05, 0) is 35.7 Å². The van der Waals surface area contributed by atoms with Crippen molar-refractivity contribution in [3.63, 3.8) is 0 Å². The van der Waals surface area contributed by atoms with Gasteiger partial charge < -0.3 is 24.9 Å². The van der Waals surface area contributed by atoms with Crippen LogP contribution in [0.1, 0.15) is 11.9 Å². The lowest BCUT2D eigenvalue weighted by atomic mass is 10.2. The van der Waals surface area contributed by atoms with E-state index in [1.165, 1.54) is 18.4 Å². The summed E-state index contributed by atoms with van der Waals surface area (Å²) in [6, 6.07) is 12.0. The fourth-order valence-electron chi connectivity index (χ4n) is 2.39. The van der Waals surface area contributed by atoms with Gasteiger partial charge in [0.1, 0.15) is 23.4 Å². The summed E-state index contributed by atoms with van der Waals surface area (Å²) >= 11 is 1.54. The lowest BCUT2D eigenvalue weighted by molar-refractivity contribution is -0.136. The predicted molar refractivity (Wildman–Crippen MR) is 102 cm³/mol. The number of aliphatic hydroxyl groups is 1. The van der Waals surface area contributed by atoms with Gasteiger partial charge in [-0.15, -0.1) is 0 Å². The number of ether oxygens (including phenoxy) is 1. The number of carbonyl (C=O) groups is 2. The van der Waals surface area contributed by atoms with Crippen LogP contribution in [-0.4, -0.2) is 30.6 Å². The number of methoxy groups -OCH3 is 1. The molecule has 0 aliphatic heterocycles. The summed E-state index contributed by atoms with van der Waals surface area (Å²) in [7, 11) is 1.47. The molecule has 8 heteroatoms. The van der Waals surface area contributed by atoms with Crippen LogP contribution in [0.3, 0.4) is 0 Å². The monoisotopic (exact) mass is 386 g/mol. The Hall–Kier alpha value is -3.10. The summed E-state index contributed by atoms with van der Waals surface area (Å²) in [5.41, 5.74) is 1.30. The molecule has 0 unspecified atom stereocenters. The SMILES string of the molecule is COc1ccccc1NC(=O)C(=O)NC[C@H](O)c1ccc(-c2ccsc2)o1. The van der Waals surface area contributed by atoms with Crippen LogP contribution in [0.4, 0.5) is 5.69 Å². The standard InChI is InChI=1S/C19H18N2O5S/c1-25-16-5-3-2-4-13(16)21-19(24)18(23)20-10-14(22)17-7-6-15(26-17)12-8-9-27-11-12/h2-9,11,14,22H,10H2,1H3,(H,20,23)(H,21,24)/t14-/m0/s1. The number of para-hydroxylation sites is 2. The third kappa shape index (κ3) is 4.55. The fourth-order valence-corrected chi connectivity index (χ4v) is 3.03. The van der Waals surface area contributed by atoms with Crippen molar-refractivity contribution in [2.45, 2.75) is 6.10 Å². The molecular weight excluding hydrogens is 368 g/mol. The van der Waals surface area contributed by atoms with Crippen LogP contribution in [0.2, 0.25) is 0 Å². The van der Waals surface area contributed by atoms with Crippen molar-refractivity contribution in [1.29, 1.82) is 0 Å². The van der Waals surface area contributed by atoms with Crippen LogP contribution >= 0.6 is 11.3 Å². The second-order valence-corrected chi connectivity index (χ2v) is 6.37. The number of anilines is 1. The Kier molecular flexibility index (Phi) is 5.90. The molecule has 0 aliphatic carbocycles. The van der Waals surface area contributed by atoms with Crippen molar-refractivity contribution >= 4 is 28.8 Å². The van der Waals surface area contributed by atoms with Gasteiger partial charge in [0.25, 0.3) is 0 Å². The van der Waals surface area contributed by atoms with Crippen LogP contribution in [0, 0.1) is 0 Å². The molecule has 1 aromatic carbocycles. The second-order valence-electron chi connectivity index (χ2n) is 5.59. The molecular formula is C19H18N2O5S. The van der Waals surface area contributed by atoms with E-state index in [4.69, 9.17) is 9.15 Å². The van der Waals surface area contributed by atoms with Crippen molar-refractivity contribution in [3.8, 4) is 17.1 Å². The average Bonchev–Trinajstić information content (AvgIpc) is 3.37. The number of benzene rings is 1. The zero-order valence-corrected chi connectivity index (χ0v) is 15.3. The molecule has 2 heterocycles. The number of aliphatic hydroxyl groups excluding tert-OH is 1. The summed E-state index contributed by atoms with van der Waals surface area (Å²) < 4.78 is 10.7. The highest BCUT2D eigenvalue weighted by Crippen LogP contribution is 2.27. The first-order chi connectivity index (χ1) is 13.1. The molecule has 140 valence electrons. The minimum absolute atomic E-state index is 0.158. The molecule has 1 atom stereocenters. The lowest BCUT2D eigenvalue weighted by Gasteiger charge is -2.11. The Bertz CT molecular complexity index is 920. The highest BCUT2D eigenvalue weighted by atomic mass is 32.1. The van der Waals surface area contributed by atoms with Gasteiger partial charge in [-0.25, -0.2) is 0 Å². The maximum absolute atomic E-state index is 12.0. The van der Waals surface area contributed by atoms with Gasteiger partial charge >= 0.3 is 11.8 Å². The van der Waals surface area contributed by atoms with Crippen LogP contribution in [0.15, 0.2) is 57.6 Å². The maximum atomic E-state index is 12.0. The molecule has 0 aliphatic rings. The normalized spacial score (nSPS) is 11.6. The van der Waals surface area contributed by atoms with Crippen molar-refractivity contribution in [3.05, 3.63) is 59.0 Å². The number of furan rings is 1. The Labute approximate surface area is 159 Å². The molecule has 0 radical (unpaired) electrons. The van der Waals surface area contributed by atoms with E-state index in [0.29, 0.717) is 23.0 Å². The minimum atomic E-state index is -1.07. The van der Waals surface area contributed by atoms with Crippen molar-refractivity contribution in [1.82, 2.24) is 5.32 Å². The molecule has 0 saturated carbocycles. The summed E-state index contributed by atoms with van der Waals surface area (Å²) in [6.45, 7) is -0.158. The van der Waals surface area contributed by atoms with Gasteiger partial charge in [-0.3, -0.25) is 9.59 Å². The third-order valence-corrected chi connectivity index (χ3v) is 4.46. The van der Waals surface area contributed by atoms with E-state index in [0.717, 1.165) is 5.56 Å². The Morgan fingerprint density at radius 3 is 2.74 bits per heavy atom. The number of carbonyl (C=O) groups excluding carboxylic acids is 2. The van der Waals surface area contributed by atoms with Crippen LogP contribution in [-0.2, 0) is 9.59 Å². The second kappa shape index (κ2) is 8.52. The Morgan fingerprint density at radius 2 is 2.00 bits per heavy atom. The van der Waals surface area contributed by atoms with E-state index < -0.39 is 17.9 Å². The first-order valence-corrected chi connectivity index (χ1v) is 9.05. The Morgan fingerprint density at radius 1 is 1.19 bits per heavy atom. The van der Waals surface area contributed by atoms with Crippen molar-refractivity contribution in [2.75, 3.05) is 19.0 Å². The van der Waals surface area contributed by atoms with E-state index in [9.17, 15) is 14.7 Å².